The predicted molar refractivity (Wildman–Crippen MR) is 101 cm³/mol. The van der Waals surface area contributed by atoms with Crippen LogP contribution in [-0.2, 0) is 17.6 Å². The minimum Gasteiger partial charge on any atom is -0.387 e. The van der Waals surface area contributed by atoms with Gasteiger partial charge in [-0.05, 0) is 48.9 Å². The van der Waals surface area contributed by atoms with E-state index in [0.29, 0.717) is 0 Å². The molecule has 2 aromatic rings. The summed E-state index contributed by atoms with van der Waals surface area (Å²) in [6.07, 6.45) is -2.41. The lowest BCUT2D eigenvalue weighted by Crippen LogP contribution is -2.58. The van der Waals surface area contributed by atoms with Crippen LogP contribution < -0.4 is 0 Å². The van der Waals surface area contributed by atoms with Crippen molar-refractivity contribution < 1.29 is 20.1 Å². The summed E-state index contributed by atoms with van der Waals surface area (Å²) in [6, 6.07) is 16.4. The summed E-state index contributed by atoms with van der Waals surface area (Å²) in [6.45, 7) is 5.58. The van der Waals surface area contributed by atoms with E-state index in [1.807, 2.05) is 24.3 Å². The average molecular weight is 356 g/mol. The van der Waals surface area contributed by atoms with E-state index in [0.717, 1.165) is 24.0 Å². The van der Waals surface area contributed by atoms with Crippen molar-refractivity contribution in [3.05, 3.63) is 70.8 Å². The first kappa shape index (κ1) is 19.1. The topological polar surface area (TPSA) is 69.9 Å². The van der Waals surface area contributed by atoms with Crippen molar-refractivity contribution in [1.82, 2.24) is 0 Å². The van der Waals surface area contributed by atoms with Crippen LogP contribution in [0.5, 0.6) is 0 Å². The van der Waals surface area contributed by atoms with Crippen molar-refractivity contribution in [2.24, 2.45) is 0 Å². The zero-order valence-electron chi connectivity index (χ0n) is 15.6. The molecule has 0 unspecified atom stereocenters. The maximum absolute atomic E-state index is 10.4. The molecule has 4 nitrogen and oxygen atoms in total. The number of rotatable bonds is 4. The van der Waals surface area contributed by atoms with Crippen LogP contribution in [0, 0.1) is 0 Å². The summed E-state index contributed by atoms with van der Waals surface area (Å²) in [5.41, 5.74) is 3.52. The van der Waals surface area contributed by atoms with E-state index in [-0.39, 0.29) is 0 Å². The van der Waals surface area contributed by atoms with Gasteiger partial charge in [-0.2, -0.15) is 0 Å². The molecule has 2 aromatic carbocycles. The van der Waals surface area contributed by atoms with Crippen molar-refractivity contribution in [3.63, 3.8) is 0 Å². The first-order valence-corrected chi connectivity index (χ1v) is 9.20. The van der Waals surface area contributed by atoms with Crippen LogP contribution in [0.4, 0.5) is 0 Å². The summed E-state index contributed by atoms with van der Waals surface area (Å²) in [7, 11) is 0. The van der Waals surface area contributed by atoms with Gasteiger partial charge in [-0.1, -0.05) is 55.5 Å². The Kier molecular flexibility index (Phi) is 5.49. The summed E-state index contributed by atoms with van der Waals surface area (Å²) in [4.78, 5) is 0. The molecule has 0 saturated carbocycles. The van der Waals surface area contributed by atoms with Gasteiger partial charge in [0.05, 0.1) is 5.60 Å². The second kappa shape index (κ2) is 7.49. The van der Waals surface area contributed by atoms with Crippen molar-refractivity contribution in [1.29, 1.82) is 0 Å². The molecule has 0 bridgehead atoms. The van der Waals surface area contributed by atoms with Crippen LogP contribution in [0.25, 0.3) is 0 Å². The second-order valence-electron chi connectivity index (χ2n) is 7.66. The predicted octanol–water partition coefficient (Wildman–Crippen LogP) is 2.77. The highest BCUT2D eigenvalue weighted by Gasteiger charge is 2.48. The van der Waals surface area contributed by atoms with Gasteiger partial charge in [0.1, 0.15) is 24.4 Å². The molecule has 1 aliphatic heterocycles. The Balaban J connectivity index is 1.82. The highest BCUT2D eigenvalue weighted by atomic mass is 16.5. The van der Waals surface area contributed by atoms with Crippen LogP contribution >= 0.6 is 0 Å². The van der Waals surface area contributed by atoms with E-state index in [1.54, 1.807) is 13.8 Å². The number of benzene rings is 2. The molecule has 1 aliphatic rings. The van der Waals surface area contributed by atoms with E-state index in [4.69, 9.17) is 4.74 Å². The Morgan fingerprint density at radius 1 is 0.885 bits per heavy atom. The van der Waals surface area contributed by atoms with Crippen LogP contribution in [0.2, 0.25) is 0 Å². The lowest BCUT2D eigenvalue weighted by molar-refractivity contribution is -0.259. The normalized spacial score (nSPS) is 28.1. The minimum atomic E-state index is -1.24. The number of aryl methyl sites for hydroxylation is 1. The monoisotopic (exact) mass is 356 g/mol. The van der Waals surface area contributed by atoms with Gasteiger partial charge in [0, 0.05) is 0 Å². The third kappa shape index (κ3) is 3.84. The molecule has 0 aliphatic carbocycles. The summed E-state index contributed by atoms with van der Waals surface area (Å²) < 4.78 is 5.93. The van der Waals surface area contributed by atoms with Crippen LogP contribution in [-0.4, -0.2) is 39.2 Å². The quantitative estimate of drug-likeness (QED) is 0.788. The van der Waals surface area contributed by atoms with Gasteiger partial charge >= 0.3 is 0 Å². The van der Waals surface area contributed by atoms with Crippen LogP contribution in [0.3, 0.4) is 0 Å². The fourth-order valence-electron chi connectivity index (χ4n) is 3.52. The van der Waals surface area contributed by atoms with Crippen molar-refractivity contribution in [2.45, 2.75) is 63.6 Å². The highest BCUT2D eigenvalue weighted by molar-refractivity contribution is 5.33. The molecule has 26 heavy (non-hydrogen) atoms. The lowest BCUT2D eigenvalue weighted by atomic mass is 9.85. The maximum Gasteiger partial charge on any atom is 0.113 e. The molecule has 4 heteroatoms. The van der Waals surface area contributed by atoms with Gasteiger partial charge < -0.3 is 20.1 Å². The Morgan fingerprint density at radius 2 is 1.54 bits per heavy atom. The smallest absolute Gasteiger partial charge is 0.113 e. The fraction of sp³-hybridized carbons (Fsp3) is 0.455. The second-order valence-corrected chi connectivity index (χ2v) is 7.66. The number of ether oxygens (including phenoxy) is 1. The Hall–Kier alpha value is -1.72. The van der Waals surface area contributed by atoms with E-state index in [1.165, 1.54) is 11.1 Å². The lowest BCUT2D eigenvalue weighted by Gasteiger charge is -2.45. The fourth-order valence-corrected chi connectivity index (χ4v) is 3.52. The molecular formula is C22H28O4. The number of hydrogen-bond acceptors (Lipinski definition) is 4. The minimum absolute atomic E-state index is 0.675. The third-order valence-corrected chi connectivity index (χ3v) is 5.25. The summed E-state index contributed by atoms with van der Waals surface area (Å²) in [5.74, 6) is 0. The molecule has 0 radical (unpaired) electrons. The Labute approximate surface area is 155 Å². The first-order valence-electron chi connectivity index (χ1n) is 9.20. The van der Waals surface area contributed by atoms with E-state index >= 15 is 0 Å². The molecule has 0 amide bonds. The molecule has 140 valence electrons. The first-order chi connectivity index (χ1) is 12.3. The highest BCUT2D eigenvalue weighted by Crippen LogP contribution is 2.38. The van der Waals surface area contributed by atoms with Gasteiger partial charge in [-0.3, -0.25) is 0 Å². The van der Waals surface area contributed by atoms with Gasteiger partial charge in [0.15, 0.2) is 0 Å². The molecule has 1 fully saturated rings. The van der Waals surface area contributed by atoms with Gasteiger partial charge in [-0.15, -0.1) is 0 Å². The number of hydrogen-bond donors (Lipinski definition) is 3. The number of aliphatic hydroxyl groups is 3. The Morgan fingerprint density at radius 3 is 2.19 bits per heavy atom. The van der Waals surface area contributed by atoms with E-state index in [9.17, 15) is 15.3 Å². The molecule has 3 rings (SSSR count). The molecule has 0 spiro atoms. The molecule has 1 saturated heterocycles. The van der Waals surface area contributed by atoms with Gasteiger partial charge in [-0.25, -0.2) is 0 Å². The zero-order chi connectivity index (χ0) is 18.9. The van der Waals surface area contributed by atoms with Gasteiger partial charge in [0.25, 0.3) is 0 Å². The summed E-state index contributed by atoms with van der Waals surface area (Å²) >= 11 is 0. The molecule has 1 heterocycles. The van der Waals surface area contributed by atoms with Crippen molar-refractivity contribution >= 4 is 0 Å². The van der Waals surface area contributed by atoms with Crippen molar-refractivity contribution in [3.8, 4) is 0 Å². The SMILES string of the molecule is CCc1ccc(Cc2cccc([C@@H]3OC(C)(C)[C@@H](O)[C@H](O)[C@H]3O)c2)cc1. The van der Waals surface area contributed by atoms with Crippen LogP contribution in [0.15, 0.2) is 48.5 Å². The van der Waals surface area contributed by atoms with Crippen molar-refractivity contribution in [2.75, 3.05) is 0 Å². The standard InChI is InChI=1S/C22H28O4/c1-4-14-8-10-15(11-9-14)12-16-6-5-7-17(13-16)20-18(23)19(24)21(25)22(2,3)26-20/h5-11,13,18-21,23-25H,4,12H2,1-3H3/t18-,19-,20+,21+/m1/s1. The molecule has 4 atom stereocenters. The largest absolute Gasteiger partial charge is 0.387 e. The van der Waals surface area contributed by atoms with E-state index in [2.05, 4.69) is 31.2 Å². The average Bonchev–Trinajstić information content (AvgIpc) is 2.64. The number of aliphatic hydroxyl groups excluding tert-OH is 3. The summed E-state index contributed by atoms with van der Waals surface area (Å²) in [5, 5.41) is 30.7. The molecule has 3 N–H and O–H groups in total. The maximum atomic E-state index is 10.4. The van der Waals surface area contributed by atoms with Crippen LogP contribution in [0.1, 0.15) is 49.1 Å². The van der Waals surface area contributed by atoms with E-state index < -0.39 is 30.0 Å². The molecule has 0 aromatic heterocycles. The third-order valence-electron chi connectivity index (χ3n) is 5.25. The van der Waals surface area contributed by atoms with Gasteiger partial charge in [0.2, 0.25) is 0 Å². The Bertz CT molecular complexity index is 738. The molecular weight excluding hydrogens is 328 g/mol. The zero-order valence-corrected chi connectivity index (χ0v) is 15.6.